The van der Waals surface area contributed by atoms with E-state index in [1.54, 1.807) is 4.90 Å². The van der Waals surface area contributed by atoms with Crippen LogP contribution < -0.4 is 4.90 Å². The van der Waals surface area contributed by atoms with E-state index < -0.39 is 11.9 Å². The van der Waals surface area contributed by atoms with Crippen molar-refractivity contribution in [3.63, 3.8) is 0 Å². The van der Waals surface area contributed by atoms with Crippen LogP contribution in [0.1, 0.15) is 13.3 Å². The minimum absolute atomic E-state index is 0.0559. The molecule has 24 heavy (non-hydrogen) atoms. The van der Waals surface area contributed by atoms with E-state index in [1.807, 2.05) is 19.3 Å². The van der Waals surface area contributed by atoms with Crippen LogP contribution in [0, 0.1) is 5.92 Å². The molecule has 1 aliphatic heterocycles. The van der Waals surface area contributed by atoms with Gasteiger partial charge < -0.3 is 19.5 Å². The molecule has 1 amide bonds. The lowest BCUT2D eigenvalue weighted by Crippen LogP contribution is -2.54. The van der Waals surface area contributed by atoms with Gasteiger partial charge >= 0.3 is 11.9 Å². The third kappa shape index (κ3) is 2.79. The smallest absolute Gasteiger partial charge is 0.396 e. The molecule has 0 aliphatic carbocycles. The Morgan fingerprint density at radius 2 is 2.21 bits per heavy atom. The van der Waals surface area contributed by atoms with Gasteiger partial charge in [0.1, 0.15) is 17.8 Å². The second kappa shape index (κ2) is 6.46. The molecule has 8 heteroatoms. The second-order valence-corrected chi connectivity index (χ2v) is 6.12. The molecule has 3 heterocycles. The average Bonchev–Trinajstić information content (AvgIpc) is 3.09. The van der Waals surface area contributed by atoms with Crippen molar-refractivity contribution in [1.82, 2.24) is 19.9 Å². The zero-order valence-electron chi connectivity index (χ0n) is 14.0. The van der Waals surface area contributed by atoms with E-state index in [9.17, 15) is 9.59 Å². The van der Waals surface area contributed by atoms with Crippen molar-refractivity contribution in [3.05, 3.63) is 18.6 Å². The second-order valence-electron chi connectivity index (χ2n) is 6.12. The van der Waals surface area contributed by atoms with Crippen LogP contribution in [0.3, 0.4) is 0 Å². The number of fused-ring (bicyclic) bond motifs is 1. The number of anilines is 1. The molecule has 3 rings (SSSR count). The maximum absolute atomic E-state index is 12.1. The van der Waals surface area contributed by atoms with Crippen LogP contribution in [-0.2, 0) is 14.3 Å². The van der Waals surface area contributed by atoms with E-state index in [4.69, 9.17) is 0 Å². The van der Waals surface area contributed by atoms with Gasteiger partial charge in [-0.1, -0.05) is 6.92 Å². The van der Waals surface area contributed by atoms with Gasteiger partial charge in [-0.05, 0) is 18.4 Å². The number of nitrogens with zero attached hydrogens (tertiary/aromatic N) is 4. The molecule has 1 saturated heterocycles. The highest BCUT2D eigenvalue weighted by Crippen LogP contribution is 2.28. The standard InChI is InChI=1S/C16H21N5O3/c1-10-5-7-21(15(22)16(23)24-3)8-12(10)20(2)14-11-4-6-17-13(11)18-9-19-14/h4,6,9-10,12H,5,7-8H2,1-3H3,(H,17,18,19). The van der Waals surface area contributed by atoms with Gasteiger partial charge in [0, 0.05) is 26.3 Å². The van der Waals surface area contributed by atoms with Crippen molar-refractivity contribution in [3.8, 4) is 0 Å². The van der Waals surface area contributed by atoms with Gasteiger partial charge in [-0.25, -0.2) is 14.8 Å². The van der Waals surface area contributed by atoms with Gasteiger partial charge in [-0.15, -0.1) is 0 Å². The number of hydrogen-bond donors (Lipinski definition) is 1. The largest absolute Gasteiger partial charge is 0.462 e. The molecular weight excluding hydrogens is 310 g/mol. The zero-order valence-corrected chi connectivity index (χ0v) is 14.0. The molecule has 0 aromatic carbocycles. The number of amides is 1. The number of esters is 1. The SMILES string of the molecule is COC(=O)C(=O)N1CCC(C)C(N(C)c2ncnc3[nH]ccc23)C1. The van der Waals surface area contributed by atoms with Crippen molar-refractivity contribution in [2.45, 2.75) is 19.4 Å². The molecule has 128 valence electrons. The van der Waals surface area contributed by atoms with E-state index >= 15 is 0 Å². The van der Waals surface area contributed by atoms with Crippen molar-refractivity contribution in [2.75, 3.05) is 32.1 Å². The van der Waals surface area contributed by atoms with Gasteiger partial charge in [0.15, 0.2) is 0 Å². The Kier molecular flexibility index (Phi) is 4.37. The van der Waals surface area contributed by atoms with Crippen LogP contribution >= 0.6 is 0 Å². The zero-order chi connectivity index (χ0) is 17.3. The van der Waals surface area contributed by atoms with Crippen molar-refractivity contribution >= 4 is 28.7 Å². The maximum Gasteiger partial charge on any atom is 0.396 e. The van der Waals surface area contributed by atoms with Crippen LogP contribution in [0.15, 0.2) is 18.6 Å². The summed E-state index contributed by atoms with van der Waals surface area (Å²) < 4.78 is 4.55. The molecule has 8 nitrogen and oxygen atoms in total. The minimum Gasteiger partial charge on any atom is -0.462 e. The topological polar surface area (TPSA) is 91.4 Å². The number of ether oxygens (including phenoxy) is 1. The lowest BCUT2D eigenvalue weighted by molar-refractivity contribution is -0.159. The summed E-state index contributed by atoms with van der Waals surface area (Å²) in [6.07, 6.45) is 4.17. The first kappa shape index (κ1) is 16.2. The Morgan fingerprint density at radius 1 is 1.42 bits per heavy atom. The predicted octanol–water partition coefficient (Wildman–Crippen LogP) is 0.804. The Morgan fingerprint density at radius 3 is 2.96 bits per heavy atom. The van der Waals surface area contributed by atoms with E-state index in [0.29, 0.717) is 19.0 Å². The first-order chi connectivity index (χ1) is 11.5. The molecule has 1 N–H and O–H groups in total. The van der Waals surface area contributed by atoms with E-state index in [1.165, 1.54) is 13.4 Å². The van der Waals surface area contributed by atoms with Gasteiger partial charge in [0.25, 0.3) is 0 Å². The molecule has 1 fully saturated rings. The van der Waals surface area contributed by atoms with Crippen LogP contribution in [0.2, 0.25) is 0 Å². The molecule has 1 aliphatic rings. The first-order valence-electron chi connectivity index (χ1n) is 7.91. The van der Waals surface area contributed by atoms with Gasteiger partial charge in [-0.3, -0.25) is 4.79 Å². The average molecular weight is 331 g/mol. The van der Waals surface area contributed by atoms with Gasteiger partial charge in [0.05, 0.1) is 18.5 Å². The molecule has 2 unspecified atom stereocenters. The third-order valence-corrected chi connectivity index (χ3v) is 4.73. The lowest BCUT2D eigenvalue weighted by Gasteiger charge is -2.41. The fourth-order valence-electron chi connectivity index (χ4n) is 3.25. The van der Waals surface area contributed by atoms with Gasteiger partial charge in [-0.2, -0.15) is 0 Å². The number of methoxy groups -OCH3 is 1. The monoisotopic (exact) mass is 331 g/mol. The Labute approximate surface area is 139 Å². The van der Waals surface area contributed by atoms with E-state index in [-0.39, 0.29) is 6.04 Å². The van der Waals surface area contributed by atoms with E-state index in [0.717, 1.165) is 23.3 Å². The van der Waals surface area contributed by atoms with Crippen LogP contribution in [0.5, 0.6) is 0 Å². The number of aromatic amines is 1. The summed E-state index contributed by atoms with van der Waals surface area (Å²) >= 11 is 0. The summed E-state index contributed by atoms with van der Waals surface area (Å²) in [6.45, 7) is 3.17. The molecule has 2 atom stereocenters. The number of carbonyl (C=O) groups excluding carboxylic acids is 2. The summed E-state index contributed by atoms with van der Waals surface area (Å²) in [5.41, 5.74) is 0.776. The summed E-state index contributed by atoms with van der Waals surface area (Å²) in [7, 11) is 3.18. The summed E-state index contributed by atoms with van der Waals surface area (Å²) in [5, 5.41) is 0.934. The van der Waals surface area contributed by atoms with Crippen LogP contribution in [0.25, 0.3) is 11.0 Å². The lowest BCUT2D eigenvalue weighted by atomic mass is 9.92. The highest BCUT2D eigenvalue weighted by molar-refractivity contribution is 6.32. The number of aromatic nitrogens is 3. The van der Waals surface area contributed by atoms with Crippen LogP contribution in [0.4, 0.5) is 5.82 Å². The Balaban J connectivity index is 1.85. The Hall–Kier alpha value is -2.64. The molecule has 2 aromatic heterocycles. The molecule has 0 saturated carbocycles. The van der Waals surface area contributed by atoms with Gasteiger partial charge in [0.2, 0.25) is 0 Å². The number of likely N-dealkylation sites (tertiary alicyclic amines) is 1. The normalized spacial score (nSPS) is 20.9. The highest BCUT2D eigenvalue weighted by atomic mass is 16.5. The predicted molar refractivity (Wildman–Crippen MR) is 88.5 cm³/mol. The van der Waals surface area contributed by atoms with Crippen molar-refractivity contribution < 1.29 is 14.3 Å². The number of piperidine rings is 1. The van der Waals surface area contributed by atoms with Crippen LogP contribution in [-0.4, -0.2) is 65.0 Å². The summed E-state index contributed by atoms with van der Waals surface area (Å²) in [5.74, 6) is -0.232. The van der Waals surface area contributed by atoms with E-state index in [2.05, 4.69) is 31.5 Å². The molecule has 0 bridgehead atoms. The summed E-state index contributed by atoms with van der Waals surface area (Å²) in [4.78, 5) is 39.0. The number of hydrogen-bond acceptors (Lipinski definition) is 6. The molecular formula is C16H21N5O3. The number of H-pyrrole nitrogens is 1. The first-order valence-corrected chi connectivity index (χ1v) is 7.91. The Bertz CT molecular complexity index is 759. The molecule has 0 radical (unpaired) electrons. The maximum atomic E-state index is 12.1. The summed E-state index contributed by atoms with van der Waals surface area (Å²) in [6, 6.07) is 1.99. The third-order valence-electron chi connectivity index (χ3n) is 4.73. The minimum atomic E-state index is -0.819. The number of likely N-dealkylation sites (N-methyl/N-ethyl adjacent to an activating group) is 1. The van der Waals surface area contributed by atoms with Crippen molar-refractivity contribution in [2.24, 2.45) is 5.92 Å². The molecule has 2 aromatic rings. The molecule has 0 spiro atoms. The highest BCUT2D eigenvalue weighted by Gasteiger charge is 2.35. The number of carbonyl (C=O) groups is 2. The number of rotatable bonds is 2. The van der Waals surface area contributed by atoms with Crippen molar-refractivity contribution in [1.29, 1.82) is 0 Å². The fourth-order valence-corrected chi connectivity index (χ4v) is 3.25. The number of nitrogens with one attached hydrogen (secondary N) is 1. The quantitative estimate of drug-likeness (QED) is 0.647. The fraction of sp³-hybridized carbons (Fsp3) is 0.500.